The zero-order valence-electron chi connectivity index (χ0n) is 4.47. The van der Waals surface area contributed by atoms with E-state index in [1.807, 2.05) is 6.07 Å². The summed E-state index contributed by atoms with van der Waals surface area (Å²) < 4.78 is 0. The van der Waals surface area contributed by atoms with E-state index in [9.17, 15) is 0 Å². The molecule has 9 heavy (non-hydrogen) atoms. The summed E-state index contributed by atoms with van der Waals surface area (Å²) >= 11 is 4.74. The van der Waals surface area contributed by atoms with Crippen LogP contribution in [0.25, 0.3) is 0 Å². The number of hydrogen-bond acceptors (Lipinski definition) is 3. The van der Waals surface area contributed by atoms with Gasteiger partial charge in [-0.3, -0.25) is 0 Å². The van der Waals surface area contributed by atoms with Crippen molar-refractivity contribution in [3.63, 3.8) is 0 Å². The van der Waals surface area contributed by atoms with Gasteiger partial charge < -0.3 is 0 Å². The fourth-order valence-electron chi connectivity index (χ4n) is 0.456. The lowest BCUT2D eigenvalue weighted by Gasteiger charge is -1.81. The maximum Gasteiger partial charge on any atom is 0.155 e. The van der Waals surface area contributed by atoms with Crippen molar-refractivity contribution in [2.75, 3.05) is 0 Å². The third-order valence-electron chi connectivity index (χ3n) is 0.868. The zero-order valence-corrected chi connectivity index (χ0v) is 6.87. The average molecular weight is 203 g/mol. The van der Waals surface area contributed by atoms with Crippen LogP contribution in [-0.4, -0.2) is 4.98 Å². The smallest absolute Gasteiger partial charge is 0.155 e. The number of nitrogens with zero attached hydrogens (tertiary/aromatic N) is 2. The molecule has 4 heteroatoms. The first-order valence-electron chi connectivity index (χ1n) is 2.27. The van der Waals surface area contributed by atoms with Gasteiger partial charge in [0.15, 0.2) is 5.69 Å². The second-order valence-electron chi connectivity index (χ2n) is 1.37. The molecule has 0 unspecified atom stereocenters. The first-order chi connectivity index (χ1) is 4.38. The van der Waals surface area contributed by atoms with Gasteiger partial charge in [-0.1, -0.05) is 15.9 Å². The molecule has 2 nitrogen and oxygen atoms in total. The Morgan fingerprint density at radius 2 is 2.67 bits per heavy atom. The highest BCUT2D eigenvalue weighted by molar-refractivity contribution is 9.08. The first kappa shape index (κ1) is 6.72. The van der Waals surface area contributed by atoms with Gasteiger partial charge in [0, 0.05) is 5.33 Å². The van der Waals surface area contributed by atoms with E-state index in [0.29, 0.717) is 5.69 Å². The molecule has 0 aliphatic heterocycles. The highest BCUT2D eigenvalue weighted by Gasteiger charge is 2.00. The fraction of sp³-hybridized carbons (Fsp3) is 0.200. The highest BCUT2D eigenvalue weighted by Crippen LogP contribution is 2.14. The lowest BCUT2D eigenvalue weighted by Crippen LogP contribution is -1.76. The monoisotopic (exact) mass is 202 g/mol. The number of hydrogen-bond donors (Lipinski definition) is 0. The maximum absolute atomic E-state index is 8.41. The minimum absolute atomic E-state index is 0.539. The van der Waals surface area contributed by atoms with E-state index in [0.717, 1.165) is 10.2 Å². The molecule has 0 saturated heterocycles. The molecular weight excluding hydrogens is 200 g/mol. The molecule has 0 atom stereocenters. The van der Waals surface area contributed by atoms with Crippen molar-refractivity contribution in [1.82, 2.24) is 4.98 Å². The van der Waals surface area contributed by atoms with E-state index in [1.165, 1.54) is 11.3 Å². The molecule has 0 aliphatic carbocycles. The van der Waals surface area contributed by atoms with Crippen LogP contribution in [0.2, 0.25) is 0 Å². The van der Waals surface area contributed by atoms with Gasteiger partial charge in [-0.05, 0) is 0 Å². The molecule has 1 aromatic heterocycles. The van der Waals surface area contributed by atoms with Crippen molar-refractivity contribution in [3.05, 3.63) is 16.1 Å². The van der Waals surface area contributed by atoms with E-state index < -0.39 is 0 Å². The number of thiazole rings is 1. The Hall–Kier alpha value is -0.400. The molecule has 1 aromatic rings. The standard InChI is InChI=1S/C5H3BrN2S/c6-1-5-4(2-7)8-3-9-5/h3H,1H2. The number of halogens is 1. The van der Waals surface area contributed by atoms with Crippen LogP contribution in [0.4, 0.5) is 0 Å². The van der Waals surface area contributed by atoms with Crippen LogP contribution in [0, 0.1) is 11.3 Å². The normalized spacial score (nSPS) is 8.89. The Bertz CT molecular complexity index is 237. The van der Waals surface area contributed by atoms with Gasteiger partial charge >= 0.3 is 0 Å². The molecular formula is C5H3BrN2S. The quantitative estimate of drug-likeness (QED) is 0.653. The minimum atomic E-state index is 0.539. The SMILES string of the molecule is N#Cc1ncsc1CBr. The minimum Gasteiger partial charge on any atom is -0.234 e. The second kappa shape index (κ2) is 2.95. The van der Waals surface area contributed by atoms with Gasteiger partial charge in [-0.2, -0.15) is 5.26 Å². The molecule has 0 radical (unpaired) electrons. The van der Waals surface area contributed by atoms with Crippen LogP contribution < -0.4 is 0 Å². The van der Waals surface area contributed by atoms with Crippen LogP contribution in [-0.2, 0) is 5.33 Å². The van der Waals surface area contributed by atoms with E-state index in [4.69, 9.17) is 5.26 Å². The Kier molecular flexibility index (Phi) is 2.20. The molecule has 0 aliphatic rings. The van der Waals surface area contributed by atoms with Gasteiger partial charge in [-0.15, -0.1) is 11.3 Å². The molecule has 0 fully saturated rings. The summed E-state index contributed by atoms with van der Waals surface area (Å²) in [5.74, 6) is 0. The summed E-state index contributed by atoms with van der Waals surface area (Å²) in [6.45, 7) is 0. The third kappa shape index (κ3) is 1.29. The molecule has 46 valence electrons. The summed E-state index contributed by atoms with van der Waals surface area (Å²) in [6, 6.07) is 2.00. The van der Waals surface area contributed by atoms with Crippen LogP contribution in [0.5, 0.6) is 0 Å². The molecule has 0 N–H and O–H groups in total. The van der Waals surface area contributed by atoms with Gasteiger partial charge in [0.1, 0.15) is 6.07 Å². The van der Waals surface area contributed by atoms with Crippen molar-refractivity contribution in [2.24, 2.45) is 0 Å². The van der Waals surface area contributed by atoms with Gasteiger partial charge in [0.2, 0.25) is 0 Å². The largest absolute Gasteiger partial charge is 0.234 e. The Morgan fingerprint density at radius 1 is 1.89 bits per heavy atom. The predicted octanol–water partition coefficient (Wildman–Crippen LogP) is 1.91. The Labute approximate surface area is 65.3 Å². The lowest BCUT2D eigenvalue weighted by molar-refractivity contribution is 1.29. The van der Waals surface area contributed by atoms with Crippen LogP contribution in [0.1, 0.15) is 10.6 Å². The van der Waals surface area contributed by atoms with E-state index in [1.54, 1.807) is 5.51 Å². The first-order valence-corrected chi connectivity index (χ1v) is 4.27. The van der Waals surface area contributed by atoms with Crippen molar-refractivity contribution >= 4 is 27.3 Å². The summed E-state index contributed by atoms with van der Waals surface area (Å²) in [5.41, 5.74) is 2.21. The molecule has 0 amide bonds. The predicted molar refractivity (Wildman–Crippen MR) is 39.5 cm³/mol. The third-order valence-corrected chi connectivity index (χ3v) is 2.63. The molecule has 0 saturated carbocycles. The summed E-state index contributed by atoms with van der Waals surface area (Å²) in [7, 11) is 0. The zero-order chi connectivity index (χ0) is 6.69. The summed E-state index contributed by atoms with van der Waals surface area (Å²) in [4.78, 5) is 4.83. The molecule has 1 rings (SSSR count). The van der Waals surface area contributed by atoms with Crippen LogP contribution >= 0.6 is 27.3 Å². The topological polar surface area (TPSA) is 36.7 Å². The van der Waals surface area contributed by atoms with E-state index >= 15 is 0 Å². The lowest BCUT2D eigenvalue weighted by atomic mass is 10.4. The van der Waals surface area contributed by atoms with E-state index in [-0.39, 0.29) is 0 Å². The summed E-state index contributed by atoms with van der Waals surface area (Å²) in [5, 5.41) is 9.13. The number of aromatic nitrogens is 1. The molecule has 0 spiro atoms. The Balaban J connectivity index is 3.02. The van der Waals surface area contributed by atoms with Crippen molar-refractivity contribution in [2.45, 2.75) is 5.33 Å². The average Bonchev–Trinajstić information content (AvgIpc) is 2.33. The highest BCUT2D eigenvalue weighted by atomic mass is 79.9. The molecule has 1 heterocycles. The summed E-state index contributed by atoms with van der Waals surface area (Å²) in [6.07, 6.45) is 0. The number of nitriles is 1. The second-order valence-corrected chi connectivity index (χ2v) is 2.87. The van der Waals surface area contributed by atoms with Gasteiger partial charge in [0.25, 0.3) is 0 Å². The van der Waals surface area contributed by atoms with Crippen LogP contribution in [0.3, 0.4) is 0 Å². The van der Waals surface area contributed by atoms with Crippen molar-refractivity contribution < 1.29 is 0 Å². The number of alkyl halides is 1. The van der Waals surface area contributed by atoms with Crippen molar-refractivity contribution in [1.29, 1.82) is 5.26 Å². The molecule has 0 bridgehead atoms. The fourth-order valence-corrected chi connectivity index (χ4v) is 1.68. The molecule has 0 aromatic carbocycles. The van der Waals surface area contributed by atoms with Crippen LogP contribution in [0.15, 0.2) is 5.51 Å². The van der Waals surface area contributed by atoms with Crippen molar-refractivity contribution in [3.8, 4) is 6.07 Å². The number of rotatable bonds is 1. The van der Waals surface area contributed by atoms with E-state index in [2.05, 4.69) is 20.9 Å². The van der Waals surface area contributed by atoms with Gasteiger partial charge in [0.05, 0.1) is 10.4 Å². The van der Waals surface area contributed by atoms with Gasteiger partial charge in [-0.25, -0.2) is 4.98 Å². The Morgan fingerprint density at radius 3 is 3.11 bits per heavy atom. The maximum atomic E-state index is 8.41.